The number of hydrogen-bond acceptors (Lipinski definition) is 6. The van der Waals surface area contributed by atoms with Crippen LogP contribution in [0.4, 0.5) is 9.18 Å². The van der Waals surface area contributed by atoms with Gasteiger partial charge in [0.25, 0.3) is 5.91 Å². The lowest BCUT2D eigenvalue weighted by molar-refractivity contribution is -0.141. The predicted octanol–water partition coefficient (Wildman–Crippen LogP) is 3.39. The molecule has 202 valence electrons. The summed E-state index contributed by atoms with van der Waals surface area (Å²) in [6.07, 6.45) is 0.0520. The Bertz CT molecular complexity index is 1210. The first-order valence-electron chi connectivity index (χ1n) is 12.5. The Labute approximate surface area is 221 Å². The lowest BCUT2D eigenvalue weighted by Crippen LogP contribution is -2.60. The van der Waals surface area contributed by atoms with Gasteiger partial charge in [-0.05, 0) is 57.0 Å². The van der Waals surface area contributed by atoms with Crippen molar-refractivity contribution in [3.8, 4) is 5.75 Å². The van der Waals surface area contributed by atoms with Crippen molar-refractivity contribution in [2.45, 2.75) is 45.3 Å². The molecule has 1 fully saturated rings. The van der Waals surface area contributed by atoms with E-state index in [0.717, 1.165) is 11.3 Å². The molecule has 0 saturated carbocycles. The summed E-state index contributed by atoms with van der Waals surface area (Å²) in [5, 5.41) is 8.45. The number of hydrazone groups is 1. The van der Waals surface area contributed by atoms with Gasteiger partial charge in [-0.2, -0.15) is 5.10 Å². The maximum Gasteiger partial charge on any atom is 0.408 e. The molecule has 10 heteroatoms. The van der Waals surface area contributed by atoms with Gasteiger partial charge in [-0.1, -0.05) is 30.3 Å². The third-order valence-electron chi connectivity index (χ3n) is 6.49. The molecule has 1 N–H and O–H groups in total. The minimum Gasteiger partial charge on any atom is -0.491 e. The van der Waals surface area contributed by atoms with E-state index in [1.807, 2.05) is 30.3 Å². The second kappa shape index (κ2) is 10.8. The van der Waals surface area contributed by atoms with Crippen molar-refractivity contribution in [1.29, 1.82) is 0 Å². The summed E-state index contributed by atoms with van der Waals surface area (Å²) in [6.45, 7) is 5.41. The summed E-state index contributed by atoms with van der Waals surface area (Å²) < 4.78 is 24.4. The Morgan fingerprint density at radius 2 is 1.82 bits per heavy atom. The van der Waals surface area contributed by atoms with Crippen LogP contribution in [-0.2, 0) is 20.7 Å². The van der Waals surface area contributed by atoms with Crippen molar-refractivity contribution < 1.29 is 28.2 Å². The normalized spacial score (nSPS) is 19.9. The van der Waals surface area contributed by atoms with Gasteiger partial charge in [0, 0.05) is 26.6 Å². The number of rotatable bonds is 7. The summed E-state index contributed by atoms with van der Waals surface area (Å²) >= 11 is 0. The van der Waals surface area contributed by atoms with E-state index in [0.29, 0.717) is 25.1 Å². The standard InChI is InChI=1S/C28H33FN4O5/c1-27(2,3)38-26(36)30-22(17-37-21-12-10-20(29)11-13-21)24(34)33-15-14-23-28(18-33,25(35)32(4)31-23)16-19-8-6-5-7-9-19/h5-13,22H,14-18H2,1-4H3,(H,30,36)/t22-,28-/m1/s1. The highest BCUT2D eigenvalue weighted by molar-refractivity contribution is 6.13. The van der Waals surface area contributed by atoms with E-state index in [9.17, 15) is 18.8 Å². The molecule has 2 aliphatic heterocycles. The number of nitrogens with zero attached hydrogens (tertiary/aromatic N) is 3. The van der Waals surface area contributed by atoms with Crippen LogP contribution in [0.5, 0.6) is 5.75 Å². The average molecular weight is 525 g/mol. The van der Waals surface area contributed by atoms with E-state index < -0.39 is 34.9 Å². The second-order valence-corrected chi connectivity index (χ2v) is 10.6. The molecule has 2 aromatic carbocycles. The van der Waals surface area contributed by atoms with Gasteiger partial charge in [0.05, 0.1) is 5.71 Å². The predicted molar refractivity (Wildman–Crippen MR) is 139 cm³/mol. The number of benzene rings is 2. The van der Waals surface area contributed by atoms with Crippen molar-refractivity contribution in [2.75, 3.05) is 26.7 Å². The number of hydrogen-bond donors (Lipinski definition) is 1. The fraction of sp³-hybridized carbons (Fsp3) is 0.429. The van der Waals surface area contributed by atoms with E-state index in [4.69, 9.17) is 9.47 Å². The maximum absolute atomic E-state index is 13.8. The average Bonchev–Trinajstić information content (AvgIpc) is 3.10. The molecule has 4 rings (SSSR count). The van der Waals surface area contributed by atoms with Crippen LogP contribution < -0.4 is 10.1 Å². The highest BCUT2D eigenvalue weighted by Gasteiger charge is 2.54. The monoisotopic (exact) mass is 524 g/mol. The number of piperidine rings is 1. The second-order valence-electron chi connectivity index (χ2n) is 10.6. The quantitative estimate of drug-likeness (QED) is 0.599. The van der Waals surface area contributed by atoms with E-state index >= 15 is 0 Å². The summed E-state index contributed by atoms with van der Waals surface area (Å²) in [7, 11) is 1.62. The van der Waals surface area contributed by atoms with Crippen molar-refractivity contribution in [2.24, 2.45) is 10.5 Å². The third kappa shape index (κ3) is 6.12. The van der Waals surface area contributed by atoms with Crippen LogP contribution in [0.25, 0.3) is 0 Å². The van der Waals surface area contributed by atoms with Gasteiger partial charge in [0.15, 0.2) is 0 Å². The van der Waals surface area contributed by atoms with Gasteiger partial charge in [-0.3, -0.25) is 9.59 Å². The molecule has 3 amide bonds. The molecule has 38 heavy (non-hydrogen) atoms. The minimum absolute atomic E-state index is 0.117. The van der Waals surface area contributed by atoms with Crippen molar-refractivity contribution in [3.05, 3.63) is 66.0 Å². The first kappa shape index (κ1) is 27.1. The van der Waals surface area contributed by atoms with E-state index in [-0.39, 0.29) is 19.1 Å². The van der Waals surface area contributed by atoms with Gasteiger partial charge >= 0.3 is 6.09 Å². The van der Waals surface area contributed by atoms with Crippen LogP contribution in [0.1, 0.15) is 32.8 Å². The zero-order valence-corrected chi connectivity index (χ0v) is 22.1. The van der Waals surface area contributed by atoms with Crippen LogP contribution in [0, 0.1) is 11.2 Å². The molecule has 0 spiro atoms. The van der Waals surface area contributed by atoms with Gasteiger partial charge in [0.1, 0.15) is 35.2 Å². The molecule has 2 aromatic rings. The highest BCUT2D eigenvalue weighted by atomic mass is 19.1. The van der Waals surface area contributed by atoms with Gasteiger partial charge < -0.3 is 19.7 Å². The molecule has 2 heterocycles. The molecule has 0 aliphatic carbocycles. The number of amides is 3. The third-order valence-corrected chi connectivity index (χ3v) is 6.49. The summed E-state index contributed by atoms with van der Waals surface area (Å²) in [5.41, 5.74) is -0.0523. The number of likely N-dealkylation sites (tertiary alicyclic amines) is 1. The largest absolute Gasteiger partial charge is 0.491 e. The zero-order chi connectivity index (χ0) is 27.5. The number of carbonyl (C=O) groups is 3. The van der Waals surface area contributed by atoms with Gasteiger partial charge in [0.2, 0.25) is 5.91 Å². The van der Waals surface area contributed by atoms with Gasteiger partial charge in [-0.25, -0.2) is 14.2 Å². The van der Waals surface area contributed by atoms with E-state index in [1.54, 1.807) is 32.7 Å². The lowest BCUT2D eigenvalue weighted by Gasteiger charge is -2.40. The van der Waals surface area contributed by atoms with Crippen LogP contribution in [0.15, 0.2) is 59.7 Å². The first-order valence-corrected chi connectivity index (χ1v) is 12.5. The fourth-order valence-electron chi connectivity index (χ4n) is 4.77. The van der Waals surface area contributed by atoms with Crippen molar-refractivity contribution in [1.82, 2.24) is 15.2 Å². The lowest BCUT2D eigenvalue weighted by atomic mass is 9.73. The molecule has 0 aromatic heterocycles. The smallest absolute Gasteiger partial charge is 0.408 e. The molecule has 0 radical (unpaired) electrons. The maximum atomic E-state index is 13.8. The number of alkyl carbamates (subject to hydrolysis) is 1. The van der Waals surface area contributed by atoms with Crippen LogP contribution in [0.2, 0.25) is 0 Å². The topological polar surface area (TPSA) is 101 Å². The molecule has 1 saturated heterocycles. The molecule has 0 bridgehead atoms. The Morgan fingerprint density at radius 1 is 1.13 bits per heavy atom. The van der Waals surface area contributed by atoms with Crippen molar-refractivity contribution in [3.63, 3.8) is 0 Å². The number of ether oxygens (including phenoxy) is 2. The molecule has 2 atom stereocenters. The van der Waals surface area contributed by atoms with Crippen LogP contribution in [-0.4, -0.2) is 71.9 Å². The number of carbonyl (C=O) groups excluding carboxylic acids is 3. The SMILES string of the molecule is CN1N=C2CCN(C(=O)[C@@H](COc3ccc(F)cc3)NC(=O)OC(C)(C)C)C[C@@]2(Cc2ccccc2)C1=O. The Kier molecular flexibility index (Phi) is 7.71. The number of fused-ring (bicyclic) bond motifs is 1. The Morgan fingerprint density at radius 3 is 2.47 bits per heavy atom. The summed E-state index contributed by atoms with van der Waals surface area (Å²) in [6, 6.07) is 13.9. The Hall–Kier alpha value is -3.95. The number of halogens is 1. The fourth-order valence-corrected chi connectivity index (χ4v) is 4.77. The van der Waals surface area contributed by atoms with Gasteiger partial charge in [-0.15, -0.1) is 0 Å². The molecular formula is C28H33FN4O5. The minimum atomic E-state index is -1.10. The first-order chi connectivity index (χ1) is 18.0. The number of nitrogens with one attached hydrogen (secondary N) is 1. The van der Waals surface area contributed by atoms with Crippen LogP contribution in [0.3, 0.4) is 0 Å². The summed E-state index contributed by atoms with van der Waals surface area (Å²) in [4.78, 5) is 41.4. The molecular weight excluding hydrogens is 491 g/mol. The zero-order valence-electron chi connectivity index (χ0n) is 22.1. The highest BCUT2D eigenvalue weighted by Crippen LogP contribution is 2.38. The van der Waals surface area contributed by atoms with Crippen LogP contribution >= 0.6 is 0 Å². The van der Waals surface area contributed by atoms with E-state index in [1.165, 1.54) is 29.3 Å². The summed E-state index contributed by atoms with van der Waals surface area (Å²) in [5.74, 6) is -0.658. The van der Waals surface area contributed by atoms with Crippen molar-refractivity contribution >= 4 is 23.6 Å². The molecule has 2 aliphatic rings. The van der Waals surface area contributed by atoms with E-state index in [2.05, 4.69) is 10.4 Å². The molecule has 9 nitrogen and oxygen atoms in total. The Balaban J connectivity index is 1.56. The molecule has 0 unspecified atom stereocenters.